The third-order valence-corrected chi connectivity index (χ3v) is 6.85. The molecule has 29 heavy (non-hydrogen) atoms. The van der Waals surface area contributed by atoms with Crippen LogP contribution >= 0.6 is 0 Å². The van der Waals surface area contributed by atoms with Crippen LogP contribution in [-0.4, -0.2) is 56.8 Å². The van der Waals surface area contributed by atoms with Crippen LogP contribution in [0.5, 0.6) is 0 Å². The number of piperazine rings is 1. The van der Waals surface area contributed by atoms with Crippen molar-refractivity contribution < 1.29 is 13.2 Å². The highest BCUT2D eigenvalue weighted by Gasteiger charge is 2.24. The second kappa shape index (κ2) is 8.97. The first-order valence-corrected chi connectivity index (χ1v) is 11.6. The predicted octanol–water partition coefficient (Wildman–Crippen LogP) is 3.14. The second-order valence-corrected chi connectivity index (χ2v) is 9.04. The van der Waals surface area contributed by atoms with Crippen LogP contribution in [0, 0.1) is 6.92 Å². The summed E-state index contributed by atoms with van der Waals surface area (Å²) in [6, 6.07) is 12.0. The Hall–Kier alpha value is -2.38. The van der Waals surface area contributed by atoms with Crippen molar-refractivity contribution in [1.29, 1.82) is 0 Å². The van der Waals surface area contributed by atoms with Gasteiger partial charge in [-0.25, -0.2) is 8.42 Å². The summed E-state index contributed by atoms with van der Waals surface area (Å²) in [6.45, 7) is 9.97. The van der Waals surface area contributed by atoms with Crippen molar-refractivity contribution in [2.45, 2.75) is 32.1 Å². The van der Waals surface area contributed by atoms with Crippen LogP contribution in [0.15, 0.2) is 47.4 Å². The van der Waals surface area contributed by atoms with Crippen LogP contribution in [0.2, 0.25) is 0 Å². The zero-order valence-corrected chi connectivity index (χ0v) is 18.1. The molecule has 1 heterocycles. The zero-order chi connectivity index (χ0) is 21.0. The molecule has 0 saturated carbocycles. The number of hydrogen-bond acceptors (Lipinski definition) is 4. The van der Waals surface area contributed by atoms with E-state index in [2.05, 4.69) is 16.5 Å². The largest absolute Gasteiger partial charge is 0.336 e. The standard InChI is InChI=1S/C22H29N3O3S/c1-4-18-7-9-19(10-8-18)23-29(27,28)20-11-6-17(3)21(16-20)22(26)25-14-12-24(5-2)13-15-25/h6-11,16,23H,4-5,12-15H2,1-3H3. The van der Waals surface area contributed by atoms with Gasteiger partial charge in [0.2, 0.25) is 0 Å². The summed E-state index contributed by atoms with van der Waals surface area (Å²) in [5.41, 5.74) is 2.86. The van der Waals surface area contributed by atoms with Crippen molar-refractivity contribution in [1.82, 2.24) is 9.80 Å². The van der Waals surface area contributed by atoms with Crippen molar-refractivity contribution in [2.75, 3.05) is 37.4 Å². The van der Waals surface area contributed by atoms with Crippen LogP contribution in [0.4, 0.5) is 5.69 Å². The average molecular weight is 416 g/mol. The van der Waals surface area contributed by atoms with E-state index in [1.54, 1.807) is 24.3 Å². The number of amides is 1. The number of benzene rings is 2. The third kappa shape index (κ3) is 4.97. The molecule has 3 rings (SSSR count). The first kappa shape index (κ1) is 21.3. The van der Waals surface area contributed by atoms with Crippen LogP contribution in [0.3, 0.4) is 0 Å². The Morgan fingerprint density at radius 2 is 1.66 bits per heavy atom. The quantitative estimate of drug-likeness (QED) is 0.787. The molecule has 2 aromatic carbocycles. The molecule has 1 amide bonds. The Kier molecular flexibility index (Phi) is 6.59. The van der Waals surface area contributed by atoms with E-state index in [0.29, 0.717) is 24.3 Å². The summed E-state index contributed by atoms with van der Waals surface area (Å²) in [4.78, 5) is 17.2. The van der Waals surface area contributed by atoms with E-state index < -0.39 is 10.0 Å². The molecule has 1 fully saturated rings. The Morgan fingerprint density at radius 3 is 2.24 bits per heavy atom. The Labute approximate surface area is 173 Å². The van der Waals surface area contributed by atoms with E-state index in [1.165, 1.54) is 6.07 Å². The lowest BCUT2D eigenvalue weighted by atomic mass is 10.1. The van der Waals surface area contributed by atoms with Crippen molar-refractivity contribution in [2.24, 2.45) is 0 Å². The van der Waals surface area contributed by atoms with Gasteiger partial charge in [-0.15, -0.1) is 0 Å². The van der Waals surface area contributed by atoms with E-state index in [-0.39, 0.29) is 10.8 Å². The van der Waals surface area contributed by atoms with Gasteiger partial charge >= 0.3 is 0 Å². The van der Waals surface area contributed by atoms with Gasteiger partial charge in [0.15, 0.2) is 0 Å². The zero-order valence-electron chi connectivity index (χ0n) is 17.3. The lowest BCUT2D eigenvalue weighted by Gasteiger charge is -2.34. The topological polar surface area (TPSA) is 69.7 Å². The molecule has 0 atom stereocenters. The minimum atomic E-state index is -3.78. The monoisotopic (exact) mass is 415 g/mol. The number of anilines is 1. The number of nitrogens with one attached hydrogen (secondary N) is 1. The molecular formula is C22H29N3O3S. The summed E-state index contributed by atoms with van der Waals surface area (Å²) >= 11 is 0. The number of aryl methyl sites for hydroxylation is 2. The van der Waals surface area contributed by atoms with Crippen LogP contribution in [-0.2, 0) is 16.4 Å². The van der Waals surface area contributed by atoms with Gasteiger partial charge in [-0.05, 0) is 55.3 Å². The molecule has 2 aromatic rings. The van der Waals surface area contributed by atoms with E-state index in [9.17, 15) is 13.2 Å². The SMILES string of the molecule is CCc1ccc(NS(=O)(=O)c2ccc(C)c(C(=O)N3CCN(CC)CC3)c2)cc1. The third-order valence-electron chi connectivity index (χ3n) is 5.47. The Balaban J connectivity index is 1.80. The summed E-state index contributed by atoms with van der Waals surface area (Å²) in [7, 11) is -3.78. The van der Waals surface area contributed by atoms with Gasteiger partial charge < -0.3 is 9.80 Å². The molecule has 0 aromatic heterocycles. The highest BCUT2D eigenvalue weighted by molar-refractivity contribution is 7.92. The summed E-state index contributed by atoms with van der Waals surface area (Å²) in [5, 5.41) is 0. The molecule has 1 aliphatic heterocycles. The molecule has 0 spiro atoms. The number of rotatable bonds is 6. The molecule has 0 radical (unpaired) electrons. The number of hydrogen-bond donors (Lipinski definition) is 1. The molecule has 0 bridgehead atoms. The minimum Gasteiger partial charge on any atom is -0.336 e. The molecule has 0 aliphatic carbocycles. The Bertz CT molecular complexity index is 963. The number of nitrogens with zero attached hydrogens (tertiary/aromatic N) is 2. The highest BCUT2D eigenvalue weighted by Crippen LogP contribution is 2.21. The first-order valence-electron chi connectivity index (χ1n) is 10.1. The maximum absolute atomic E-state index is 13.0. The van der Waals surface area contributed by atoms with Crippen LogP contribution < -0.4 is 4.72 Å². The summed E-state index contributed by atoms with van der Waals surface area (Å²) < 4.78 is 28.3. The van der Waals surface area contributed by atoms with Gasteiger partial charge in [-0.1, -0.05) is 32.0 Å². The lowest BCUT2D eigenvalue weighted by Crippen LogP contribution is -2.48. The fourth-order valence-electron chi connectivity index (χ4n) is 3.46. The fraction of sp³-hybridized carbons (Fsp3) is 0.409. The highest BCUT2D eigenvalue weighted by atomic mass is 32.2. The van der Waals surface area contributed by atoms with Gasteiger partial charge in [0.05, 0.1) is 4.90 Å². The van der Waals surface area contributed by atoms with Gasteiger partial charge in [0.1, 0.15) is 0 Å². The van der Waals surface area contributed by atoms with E-state index in [1.807, 2.05) is 30.9 Å². The van der Waals surface area contributed by atoms with E-state index in [4.69, 9.17) is 0 Å². The van der Waals surface area contributed by atoms with Crippen molar-refractivity contribution in [3.63, 3.8) is 0 Å². The molecule has 1 N–H and O–H groups in total. The van der Waals surface area contributed by atoms with Gasteiger partial charge in [0.25, 0.3) is 15.9 Å². The van der Waals surface area contributed by atoms with Crippen molar-refractivity contribution in [3.8, 4) is 0 Å². The molecule has 0 unspecified atom stereocenters. The van der Waals surface area contributed by atoms with Crippen LogP contribution in [0.25, 0.3) is 0 Å². The molecule has 156 valence electrons. The Morgan fingerprint density at radius 1 is 1.00 bits per heavy atom. The number of carbonyl (C=O) groups is 1. The van der Waals surface area contributed by atoms with Crippen molar-refractivity contribution >= 4 is 21.6 Å². The van der Waals surface area contributed by atoms with Gasteiger partial charge in [-0.2, -0.15) is 0 Å². The number of carbonyl (C=O) groups excluding carboxylic acids is 1. The predicted molar refractivity (Wildman–Crippen MR) is 116 cm³/mol. The normalized spacial score (nSPS) is 15.3. The molecular weight excluding hydrogens is 386 g/mol. The number of likely N-dealkylation sites (N-methyl/N-ethyl adjacent to an activating group) is 1. The average Bonchev–Trinajstić information content (AvgIpc) is 2.74. The maximum Gasteiger partial charge on any atom is 0.261 e. The smallest absolute Gasteiger partial charge is 0.261 e. The molecule has 7 heteroatoms. The first-order chi connectivity index (χ1) is 13.8. The van der Waals surface area contributed by atoms with Crippen LogP contribution in [0.1, 0.15) is 35.3 Å². The second-order valence-electron chi connectivity index (χ2n) is 7.36. The minimum absolute atomic E-state index is 0.0956. The van der Waals surface area contributed by atoms with E-state index in [0.717, 1.165) is 37.2 Å². The molecule has 6 nitrogen and oxygen atoms in total. The van der Waals surface area contributed by atoms with Crippen molar-refractivity contribution in [3.05, 3.63) is 59.2 Å². The van der Waals surface area contributed by atoms with Gasteiger partial charge in [-0.3, -0.25) is 9.52 Å². The molecule has 1 aliphatic rings. The van der Waals surface area contributed by atoms with E-state index >= 15 is 0 Å². The fourth-order valence-corrected chi connectivity index (χ4v) is 4.54. The lowest BCUT2D eigenvalue weighted by molar-refractivity contribution is 0.0642. The maximum atomic E-state index is 13.0. The van der Waals surface area contributed by atoms with Gasteiger partial charge in [0, 0.05) is 37.4 Å². The summed E-state index contributed by atoms with van der Waals surface area (Å²) in [6.07, 6.45) is 0.892. The summed E-state index contributed by atoms with van der Waals surface area (Å²) in [5.74, 6) is -0.109. The molecule has 1 saturated heterocycles. The number of sulfonamides is 1.